The van der Waals surface area contributed by atoms with Crippen molar-refractivity contribution in [3.05, 3.63) is 23.8 Å². The zero-order valence-electron chi connectivity index (χ0n) is 13.7. The second-order valence-electron chi connectivity index (χ2n) is 5.41. The number of anilines is 1. The summed E-state index contributed by atoms with van der Waals surface area (Å²) in [5, 5.41) is 6.26. The van der Waals surface area contributed by atoms with Gasteiger partial charge in [0.15, 0.2) is 10.2 Å². The van der Waals surface area contributed by atoms with Crippen molar-refractivity contribution in [3.8, 4) is 0 Å². The quantitative estimate of drug-likeness (QED) is 0.624. The highest BCUT2D eigenvalue weighted by Crippen LogP contribution is 2.27. The number of fused-ring (bicyclic) bond motifs is 1. The maximum atomic E-state index is 11.9. The SMILES string of the molecule is CCCC(=O)NC(=S)Nc1nc2ccc(C(=O)OC(C)C)cc2s1. The number of thiocarbonyl (C=S) groups is 1. The van der Waals surface area contributed by atoms with Gasteiger partial charge in [-0.05, 0) is 50.7 Å². The zero-order valence-corrected chi connectivity index (χ0v) is 15.3. The first kappa shape index (κ1) is 18.3. The van der Waals surface area contributed by atoms with Gasteiger partial charge in [0.2, 0.25) is 5.91 Å². The van der Waals surface area contributed by atoms with Gasteiger partial charge in [-0.1, -0.05) is 18.3 Å². The number of esters is 1. The molecule has 2 rings (SSSR count). The fourth-order valence-corrected chi connectivity index (χ4v) is 3.12. The number of ether oxygens (including phenoxy) is 1. The van der Waals surface area contributed by atoms with Crippen LogP contribution in [-0.4, -0.2) is 28.1 Å². The molecule has 2 N–H and O–H groups in total. The minimum Gasteiger partial charge on any atom is -0.459 e. The molecule has 0 saturated carbocycles. The van der Waals surface area contributed by atoms with E-state index in [0.717, 1.165) is 16.6 Å². The summed E-state index contributed by atoms with van der Waals surface area (Å²) in [6.07, 6.45) is 1.00. The summed E-state index contributed by atoms with van der Waals surface area (Å²) in [5.41, 5.74) is 1.22. The van der Waals surface area contributed by atoms with Gasteiger partial charge in [0.05, 0.1) is 21.9 Å². The van der Waals surface area contributed by atoms with Gasteiger partial charge in [-0.3, -0.25) is 4.79 Å². The average molecular weight is 365 g/mol. The van der Waals surface area contributed by atoms with Crippen LogP contribution in [0.3, 0.4) is 0 Å². The van der Waals surface area contributed by atoms with Crippen LogP contribution in [0.2, 0.25) is 0 Å². The van der Waals surface area contributed by atoms with Gasteiger partial charge in [0.25, 0.3) is 0 Å². The first-order chi connectivity index (χ1) is 11.4. The molecule has 0 aliphatic rings. The van der Waals surface area contributed by atoms with E-state index in [1.165, 1.54) is 11.3 Å². The van der Waals surface area contributed by atoms with Crippen LogP contribution in [0.15, 0.2) is 18.2 Å². The van der Waals surface area contributed by atoms with Crippen molar-refractivity contribution < 1.29 is 14.3 Å². The predicted molar refractivity (Wildman–Crippen MR) is 99.4 cm³/mol. The molecule has 0 aliphatic carbocycles. The molecule has 1 heterocycles. The van der Waals surface area contributed by atoms with Crippen molar-refractivity contribution in [1.82, 2.24) is 10.3 Å². The Morgan fingerprint density at radius 2 is 2.12 bits per heavy atom. The molecule has 1 aromatic carbocycles. The van der Waals surface area contributed by atoms with Gasteiger partial charge < -0.3 is 15.4 Å². The van der Waals surface area contributed by atoms with Crippen LogP contribution in [-0.2, 0) is 9.53 Å². The van der Waals surface area contributed by atoms with E-state index in [4.69, 9.17) is 17.0 Å². The summed E-state index contributed by atoms with van der Waals surface area (Å²) in [7, 11) is 0. The number of carbonyl (C=O) groups is 2. The van der Waals surface area contributed by atoms with Crippen LogP contribution in [0.25, 0.3) is 10.2 Å². The number of rotatable bonds is 5. The lowest BCUT2D eigenvalue weighted by Gasteiger charge is -2.07. The van der Waals surface area contributed by atoms with Gasteiger partial charge in [0.1, 0.15) is 0 Å². The van der Waals surface area contributed by atoms with Gasteiger partial charge in [-0.25, -0.2) is 9.78 Å². The smallest absolute Gasteiger partial charge is 0.338 e. The molecule has 0 fully saturated rings. The van der Waals surface area contributed by atoms with Crippen LogP contribution in [0.1, 0.15) is 44.0 Å². The Hall–Kier alpha value is -2.06. The van der Waals surface area contributed by atoms with E-state index >= 15 is 0 Å². The number of amides is 1. The molecule has 0 spiro atoms. The number of benzene rings is 1. The van der Waals surface area contributed by atoms with Crippen LogP contribution < -0.4 is 10.6 Å². The molecule has 2 aromatic rings. The zero-order chi connectivity index (χ0) is 17.7. The van der Waals surface area contributed by atoms with E-state index in [-0.39, 0.29) is 23.1 Å². The van der Waals surface area contributed by atoms with Crippen LogP contribution in [0.5, 0.6) is 0 Å². The summed E-state index contributed by atoms with van der Waals surface area (Å²) in [5.74, 6) is -0.494. The van der Waals surface area contributed by atoms with Gasteiger partial charge >= 0.3 is 5.97 Å². The lowest BCUT2D eigenvalue weighted by atomic mass is 10.2. The number of nitrogens with zero attached hydrogens (tertiary/aromatic N) is 1. The molecule has 1 amide bonds. The summed E-state index contributed by atoms with van der Waals surface area (Å²) in [4.78, 5) is 27.8. The number of hydrogen-bond donors (Lipinski definition) is 2. The van der Waals surface area contributed by atoms with E-state index in [9.17, 15) is 9.59 Å². The van der Waals surface area contributed by atoms with Crippen molar-refractivity contribution in [2.75, 3.05) is 5.32 Å². The minimum atomic E-state index is -0.364. The minimum absolute atomic E-state index is 0.130. The molecule has 0 bridgehead atoms. The Balaban J connectivity index is 2.09. The Morgan fingerprint density at radius 1 is 1.38 bits per heavy atom. The third kappa shape index (κ3) is 4.97. The maximum Gasteiger partial charge on any atom is 0.338 e. The number of carbonyl (C=O) groups excluding carboxylic acids is 2. The Bertz CT molecular complexity index is 771. The molecule has 24 heavy (non-hydrogen) atoms. The average Bonchev–Trinajstić information content (AvgIpc) is 2.87. The Kier molecular flexibility index (Phi) is 6.22. The molecule has 1 aromatic heterocycles. The number of nitrogens with one attached hydrogen (secondary N) is 2. The van der Waals surface area contributed by atoms with Crippen molar-refractivity contribution in [2.45, 2.75) is 39.7 Å². The van der Waals surface area contributed by atoms with Crippen LogP contribution >= 0.6 is 23.6 Å². The van der Waals surface area contributed by atoms with Crippen LogP contribution in [0.4, 0.5) is 5.13 Å². The topological polar surface area (TPSA) is 80.3 Å². The van der Waals surface area contributed by atoms with Crippen LogP contribution in [0, 0.1) is 0 Å². The van der Waals surface area contributed by atoms with E-state index in [2.05, 4.69) is 15.6 Å². The molecule has 0 atom stereocenters. The van der Waals surface area contributed by atoms with E-state index in [1.807, 2.05) is 6.92 Å². The lowest BCUT2D eigenvalue weighted by Crippen LogP contribution is -2.33. The number of aromatic nitrogens is 1. The molecular formula is C16H19N3O3S2. The monoisotopic (exact) mass is 365 g/mol. The molecule has 0 saturated heterocycles. The van der Waals surface area contributed by atoms with Gasteiger partial charge in [0, 0.05) is 6.42 Å². The first-order valence-electron chi connectivity index (χ1n) is 7.61. The summed E-state index contributed by atoms with van der Waals surface area (Å²) >= 11 is 6.44. The predicted octanol–water partition coefficient (Wildman–Crippen LogP) is 3.47. The Morgan fingerprint density at radius 3 is 2.79 bits per heavy atom. The van der Waals surface area contributed by atoms with E-state index < -0.39 is 0 Å². The molecule has 0 aliphatic heterocycles. The van der Waals surface area contributed by atoms with Crippen molar-refractivity contribution in [3.63, 3.8) is 0 Å². The summed E-state index contributed by atoms with van der Waals surface area (Å²) < 4.78 is 6.02. The second kappa shape index (κ2) is 8.16. The van der Waals surface area contributed by atoms with Gasteiger partial charge in [-0.15, -0.1) is 0 Å². The molecule has 0 unspecified atom stereocenters. The number of hydrogen-bond acceptors (Lipinski definition) is 6. The normalized spacial score (nSPS) is 10.7. The lowest BCUT2D eigenvalue weighted by molar-refractivity contribution is -0.119. The maximum absolute atomic E-state index is 11.9. The highest BCUT2D eigenvalue weighted by Gasteiger charge is 2.13. The molecule has 0 radical (unpaired) electrons. The largest absolute Gasteiger partial charge is 0.459 e. The van der Waals surface area contributed by atoms with Crippen molar-refractivity contribution in [2.24, 2.45) is 0 Å². The molecule has 6 nitrogen and oxygen atoms in total. The van der Waals surface area contributed by atoms with E-state index in [1.54, 1.807) is 32.0 Å². The van der Waals surface area contributed by atoms with Crippen molar-refractivity contribution >= 4 is 55.9 Å². The highest BCUT2D eigenvalue weighted by atomic mass is 32.1. The van der Waals surface area contributed by atoms with Crippen molar-refractivity contribution in [1.29, 1.82) is 0 Å². The number of thiazole rings is 1. The fourth-order valence-electron chi connectivity index (χ4n) is 1.93. The fraction of sp³-hybridized carbons (Fsp3) is 0.375. The second-order valence-corrected chi connectivity index (χ2v) is 6.85. The third-order valence-electron chi connectivity index (χ3n) is 2.92. The first-order valence-corrected chi connectivity index (χ1v) is 8.84. The molecule has 8 heteroatoms. The third-order valence-corrected chi connectivity index (χ3v) is 4.06. The standard InChI is InChI=1S/C16H19N3O3S2/c1-4-5-13(20)18-15(23)19-16-17-11-7-6-10(8-12(11)24-16)14(21)22-9(2)3/h6-9H,4-5H2,1-3H3,(H2,17,18,19,20,23). The summed E-state index contributed by atoms with van der Waals surface area (Å²) in [6, 6.07) is 5.17. The molecule has 128 valence electrons. The molecular weight excluding hydrogens is 346 g/mol. The Labute approximate surface area is 149 Å². The van der Waals surface area contributed by atoms with Gasteiger partial charge in [-0.2, -0.15) is 0 Å². The van der Waals surface area contributed by atoms with E-state index in [0.29, 0.717) is 17.1 Å². The highest BCUT2D eigenvalue weighted by molar-refractivity contribution is 7.80. The summed E-state index contributed by atoms with van der Waals surface area (Å²) in [6.45, 7) is 5.53.